The highest BCUT2D eigenvalue weighted by molar-refractivity contribution is 7.13. The molecule has 1 aliphatic heterocycles. The Hall–Kier alpha value is -2.51. The fraction of sp³-hybridized carbons (Fsp3) is 0.458. The highest BCUT2D eigenvalue weighted by Crippen LogP contribution is 2.36. The number of nitrogens with zero attached hydrogens (tertiary/aromatic N) is 3. The monoisotopic (exact) mass is 438 g/mol. The molecular formula is C24H30N4O2S. The molecule has 7 heteroatoms. The Morgan fingerprint density at radius 3 is 2.97 bits per heavy atom. The van der Waals surface area contributed by atoms with Gasteiger partial charge in [0, 0.05) is 41.7 Å². The summed E-state index contributed by atoms with van der Waals surface area (Å²) >= 11 is 1.61. The van der Waals surface area contributed by atoms with Gasteiger partial charge in [-0.2, -0.15) is 0 Å². The minimum Gasteiger partial charge on any atom is -0.358 e. The molecule has 1 aliphatic rings. The van der Waals surface area contributed by atoms with Crippen LogP contribution in [-0.4, -0.2) is 33.6 Å². The Labute approximate surface area is 187 Å². The first-order valence-corrected chi connectivity index (χ1v) is 12.0. The van der Waals surface area contributed by atoms with Crippen LogP contribution < -0.4 is 5.32 Å². The van der Waals surface area contributed by atoms with Crippen molar-refractivity contribution in [2.24, 2.45) is 0 Å². The lowest BCUT2D eigenvalue weighted by atomic mass is 10.2. The van der Waals surface area contributed by atoms with Crippen molar-refractivity contribution in [2.45, 2.75) is 59.1 Å². The first-order chi connectivity index (χ1) is 15.1. The van der Waals surface area contributed by atoms with Crippen LogP contribution >= 0.6 is 11.3 Å². The summed E-state index contributed by atoms with van der Waals surface area (Å²) in [7, 11) is 0. The number of carbonyl (C=O) groups is 1. The van der Waals surface area contributed by atoms with E-state index >= 15 is 0 Å². The van der Waals surface area contributed by atoms with Gasteiger partial charge in [0.05, 0.1) is 17.0 Å². The molecule has 1 fully saturated rings. The summed E-state index contributed by atoms with van der Waals surface area (Å²) in [6, 6.07) is 6.07. The molecule has 164 valence electrons. The number of hydrogen-bond acceptors (Lipinski definition) is 5. The highest BCUT2D eigenvalue weighted by atomic mass is 32.1. The molecule has 3 aromatic heterocycles. The molecule has 31 heavy (non-hydrogen) atoms. The van der Waals surface area contributed by atoms with Crippen LogP contribution in [0.3, 0.4) is 0 Å². The van der Waals surface area contributed by atoms with E-state index in [0.717, 1.165) is 72.1 Å². The molecule has 0 bridgehead atoms. The van der Waals surface area contributed by atoms with Crippen LogP contribution in [0.4, 0.5) is 0 Å². The summed E-state index contributed by atoms with van der Waals surface area (Å²) in [4.78, 5) is 22.2. The van der Waals surface area contributed by atoms with E-state index in [0.29, 0.717) is 12.1 Å². The third-order valence-electron chi connectivity index (χ3n) is 5.74. The maximum absolute atomic E-state index is 12.9. The van der Waals surface area contributed by atoms with E-state index in [1.807, 2.05) is 25.3 Å². The van der Waals surface area contributed by atoms with Gasteiger partial charge in [-0.3, -0.25) is 9.78 Å². The van der Waals surface area contributed by atoms with Crippen molar-refractivity contribution >= 4 is 17.2 Å². The van der Waals surface area contributed by atoms with Gasteiger partial charge in [-0.1, -0.05) is 20.3 Å². The van der Waals surface area contributed by atoms with E-state index in [4.69, 9.17) is 9.72 Å². The summed E-state index contributed by atoms with van der Waals surface area (Å²) in [5.74, 6) is -0.0267. The van der Waals surface area contributed by atoms with Crippen LogP contribution in [0.2, 0.25) is 0 Å². The molecule has 3 aromatic rings. The summed E-state index contributed by atoms with van der Waals surface area (Å²) < 4.78 is 8.15. The molecule has 1 amide bonds. The van der Waals surface area contributed by atoms with Gasteiger partial charge in [-0.15, -0.1) is 11.3 Å². The lowest BCUT2D eigenvalue weighted by Crippen LogP contribution is -2.25. The van der Waals surface area contributed by atoms with Gasteiger partial charge >= 0.3 is 0 Å². The maximum atomic E-state index is 12.9. The van der Waals surface area contributed by atoms with Gasteiger partial charge in [0.15, 0.2) is 0 Å². The quantitative estimate of drug-likeness (QED) is 0.479. The van der Waals surface area contributed by atoms with Gasteiger partial charge in [0.2, 0.25) is 0 Å². The van der Waals surface area contributed by atoms with Crippen molar-refractivity contribution in [3.05, 3.63) is 46.7 Å². The van der Waals surface area contributed by atoms with Crippen molar-refractivity contribution in [1.29, 1.82) is 0 Å². The number of carbonyl (C=O) groups excluding carboxylic acids is 1. The topological polar surface area (TPSA) is 69.0 Å². The summed E-state index contributed by atoms with van der Waals surface area (Å²) in [6.45, 7) is 7.67. The normalized spacial score (nSPS) is 16.0. The molecule has 1 saturated heterocycles. The molecule has 0 aliphatic carbocycles. The standard InChI is InChI=1S/C24H30N4O2S/c1-4-6-10-26-23(29)19-14-21(28(16(19)3)22-8-7-12-30-22)20-15-31-24(27-20)17-9-11-25-18(5-2)13-17/h9,11,13-15,22H,4-8,10,12H2,1-3H3,(H,26,29). The Bertz CT molecular complexity index is 1050. The predicted octanol–water partition coefficient (Wildman–Crippen LogP) is 5.38. The number of rotatable bonds is 8. The zero-order valence-electron chi connectivity index (χ0n) is 18.5. The molecule has 0 aromatic carbocycles. The molecule has 1 atom stereocenters. The van der Waals surface area contributed by atoms with Gasteiger partial charge in [-0.25, -0.2) is 4.98 Å². The average Bonchev–Trinajstić information content (AvgIpc) is 3.53. The molecule has 4 rings (SSSR count). The molecular weight excluding hydrogens is 408 g/mol. The lowest BCUT2D eigenvalue weighted by Gasteiger charge is -2.17. The second kappa shape index (κ2) is 9.75. The van der Waals surface area contributed by atoms with Crippen molar-refractivity contribution in [3.63, 3.8) is 0 Å². The number of nitrogens with one attached hydrogen (secondary N) is 1. The smallest absolute Gasteiger partial charge is 0.253 e. The van der Waals surface area contributed by atoms with Crippen LogP contribution in [-0.2, 0) is 11.2 Å². The van der Waals surface area contributed by atoms with Gasteiger partial charge in [-0.05, 0) is 50.8 Å². The average molecular weight is 439 g/mol. The third-order valence-corrected chi connectivity index (χ3v) is 6.63. The van der Waals surface area contributed by atoms with Crippen molar-refractivity contribution in [3.8, 4) is 22.0 Å². The molecule has 0 spiro atoms. The summed E-state index contributed by atoms with van der Waals surface area (Å²) in [5.41, 5.74) is 5.58. The Morgan fingerprint density at radius 1 is 1.35 bits per heavy atom. The van der Waals surface area contributed by atoms with E-state index in [9.17, 15) is 4.79 Å². The number of unbranched alkanes of at least 4 members (excludes halogenated alkanes) is 1. The lowest BCUT2D eigenvalue weighted by molar-refractivity contribution is 0.0565. The molecule has 4 heterocycles. The number of aryl methyl sites for hydroxylation is 1. The fourth-order valence-electron chi connectivity index (χ4n) is 3.99. The van der Waals surface area contributed by atoms with Crippen molar-refractivity contribution < 1.29 is 9.53 Å². The number of hydrogen-bond donors (Lipinski definition) is 1. The van der Waals surface area contributed by atoms with E-state index in [-0.39, 0.29) is 12.1 Å². The first-order valence-electron chi connectivity index (χ1n) is 11.1. The maximum Gasteiger partial charge on any atom is 0.253 e. The molecule has 6 nitrogen and oxygen atoms in total. The predicted molar refractivity (Wildman–Crippen MR) is 124 cm³/mol. The molecule has 1 unspecified atom stereocenters. The zero-order chi connectivity index (χ0) is 21.8. The second-order valence-corrected chi connectivity index (χ2v) is 8.76. The number of amides is 1. The van der Waals surface area contributed by atoms with Crippen LogP contribution in [0.1, 0.15) is 67.5 Å². The van der Waals surface area contributed by atoms with E-state index in [1.165, 1.54) is 0 Å². The fourth-order valence-corrected chi connectivity index (χ4v) is 4.80. The van der Waals surface area contributed by atoms with Crippen LogP contribution in [0.15, 0.2) is 29.8 Å². The number of thiazole rings is 1. The van der Waals surface area contributed by atoms with E-state index < -0.39 is 0 Å². The number of ether oxygens (including phenoxy) is 1. The van der Waals surface area contributed by atoms with E-state index in [1.54, 1.807) is 11.3 Å². The minimum atomic E-state index is -0.0510. The Balaban J connectivity index is 1.71. The van der Waals surface area contributed by atoms with Crippen molar-refractivity contribution in [2.75, 3.05) is 13.2 Å². The molecule has 1 N–H and O–H groups in total. The largest absolute Gasteiger partial charge is 0.358 e. The number of pyridine rings is 1. The van der Waals surface area contributed by atoms with Gasteiger partial charge < -0.3 is 14.6 Å². The van der Waals surface area contributed by atoms with Crippen LogP contribution in [0.5, 0.6) is 0 Å². The van der Waals surface area contributed by atoms with Gasteiger partial charge in [0.1, 0.15) is 11.2 Å². The summed E-state index contributed by atoms with van der Waals surface area (Å²) in [6.07, 6.45) is 6.68. The van der Waals surface area contributed by atoms with E-state index in [2.05, 4.69) is 40.2 Å². The molecule has 0 saturated carbocycles. The third kappa shape index (κ3) is 4.57. The Morgan fingerprint density at radius 2 is 2.23 bits per heavy atom. The SMILES string of the molecule is CCCCNC(=O)c1cc(-c2csc(-c3ccnc(CC)c3)n2)n(C2CCCO2)c1C. The second-order valence-electron chi connectivity index (χ2n) is 7.90. The summed E-state index contributed by atoms with van der Waals surface area (Å²) in [5, 5.41) is 6.08. The minimum absolute atomic E-state index is 0.0267. The van der Waals surface area contributed by atoms with Crippen molar-refractivity contribution in [1.82, 2.24) is 19.9 Å². The zero-order valence-corrected chi connectivity index (χ0v) is 19.3. The van der Waals surface area contributed by atoms with Crippen LogP contribution in [0, 0.1) is 6.92 Å². The Kier molecular flexibility index (Phi) is 6.83. The first kappa shape index (κ1) is 21.7. The number of aromatic nitrogens is 3. The molecule has 0 radical (unpaired) electrons. The van der Waals surface area contributed by atoms with Gasteiger partial charge in [0.25, 0.3) is 5.91 Å². The highest BCUT2D eigenvalue weighted by Gasteiger charge is 2.27. The van der Waals surface area contributed by atoms with Crippen LogP contribution in [0.25, 0.3) is 22.0 Å².